The number of rotatable bonds is 3. The van der Waals surface area contributed by atoms with Crippen molar-refractivity contribution in [2.24, 2.45) is 0 Å². The lowest BCUT2D eigenvalue weighted by Gasteiger charge is -2.32. The van der Waals surface area contributed by atoms with E-state index in [0.717, 1.165) is 30.2 Å². The molecule has 1 saturated heterocycles. The van der Waals surface area contributed by atoms with Gasteiger partial charge in [0.05, 0.1) is 0 Å². The molecule has 1 atom stereocenters. The van der Waals surface area contributed by atoms with Crippen LogP contribution in [0.3, 0.4) is 0 Å². The summed E-state index contributed by atoms with van der Waals surface area (Å²) in [6, 6.07) is 0.352. The van der Waals surface area contributed by atoms with Gasteiger partial charge in [0.25, 0.3) is 0 Å². The van der Waals surface area contributed by atoms with Gasteiger partial charge < -0.3 is 14.8 Å². The first-order valence-corrected chi connectivity index (χ1v) is 7.48. The highest BCUT2D eigenvalue weighted by molar-refractivity contribution is 7.09. The van der Waals surface area contributed by atoms with Crippen LogP contribution in [0.4, 0.5) is 0 Å². The summed E-state index contributed by atoms with van der Waals surface area (Å²) < 4.78 is 1.71. The highest BCUT2D eigenvalue weighted by Crippen LogP contribution is 2.10. The summed E-state index contributed by atoms with van der Waals surface area (Å²) in [5, 5.41) is 3.31. The molecule has 1 N–H and O–H groups in total. The number of halogens is 1. The van der Waals surface area contributed by atoms with Crippen molar-refractivity contribution in [1.82, 2.24) is 14.8 Å². The molecule has 0 aliphatic carbocycles. The van der Waals surface area contributed by atoms with Gasteiger partial charge in [-0.3, -0.25) is 9.59 Å². The minimum Gasteiger partial charge on any atom is -0.340 e. The fraction of sp³-hybridized carbons (Fsp3) is 0.692. The van der Waals surface area contributed by atoms with E-state index in [2.05, 4.69) is 12.2 Å². The molecule has 1 aromatic heterocycles. The topological polar surface area (TPSA) is 54.3 Å². The quantitative estimate of drug-likeness (QED) is 0.909. The summed E-state index contributed by atoms with van der Waals surface area (Å²) >= 11 is 1.26. The van der Waals surface area contributed by atoms with Crippen molar-refractivity contribution in [3.05, 3.63) is 20.2 Å². The number of carbonyl (C=O) groups is 1. The molecule has 1 aliphatic rings. The number of nitrogens with zero attached hydrogens (tertiary/aromatic N) is 2. The summed E-state index contributed by atoms with van der Waals surface area (Å²) in [7, 11) is 0. The Balaban J connectivity index is 0.00000200. The van der Waals surface area contributed by atoms with Gasteiger partial charge in [0, 0.05) is 49.2 Å². The number of hydrogen-bond donors (Lipinski definition) is 1. The van der Waals surface area contributed by atoms with Crippen molar-refractivity contribution in [2.45, 2.75) is 39.8 Å². The van der Waals surface area contributed by atoms with Crippen LogP contribution in [0, 0.1) is 13.8 Å². The summed E-state index contributed by atoms with van der Waals surface area (Å²) in [5.74, 6) is 0.142. The molecule has 0 radical (unpaired) electrons. The monoisotopic (exact) mass is 319 g/mol. The third-order valence-corrected chi connectivity index (χ3v) is 4.64. The molecule has 114 valence electrons. The number of amides is 1. The van der Waals surface area contributed by atoms with E-state index in [1.165, 1.54) is 11.3 Å². The van der Waals surface area contributed by atoms with Gasteiger partial charge in [-0.15, -0.1) is 12.4 Å². The smallest absolute Gasteiger partial charge is 0.307 e. The molecule has 1 aliphatic heterocycles. The SMILES string of the molecule is Cc1sc(=O)n(CCC(=O)N2CCNC(C)C2)c1C.Cl. The van der Waals surface area contributed by atoms with Gasteiger partial charge in [-0.25, -0.2) is 0 Å². The summed E-state index contributed by atoms with van der Waals surface area (Å²) in [6.45, 7) is 8.82. The van der Waals surface area contributed by atoms with E-state index in [1.54, 1.807) is 4.57 Å². The van der Waals surface area contributed by atoms with Gasteiger partial charge in [-0.2, -0.15) is 0 Å². The van der Waals surface area contributed by atoms with Crippen LogP contribution >= 0.6 is 23.7 Å². The minimum atomic E-state index is 0. The molecule has 1 amide bonds. The summed E-state index contributed by atoms with van der Waals surface area (Å²) in [5.41, 5.74) is 0.983. The van der Waals surface area contributed by atoms with Crippen LogP contribution in [0.2, 0.25) is 0 Å². The standard InChI is InChI=1S/C13H21N3O2S.ClH/c1-9-8-15(7-5-14-9)12(17)4-6-16-10(2)11(3)19-13(16)18;/h9,14H,4-8H2,1-3H3;1H. The molecule has 2 rings (SSSR count). The van der Waals surface area contributed by atoms with Gasteiger partial charge in [-0.1, -0.05) is 11.3 Å². The molecule has 2 heterocycles. The van der Waals surface area contributed by atoms with Gasteiger partial charge in [0.15, 0.2) is 0 Å². The largest absolute Gasteiger partial charge is 0.340 e. The average Bonchev–Trinajstić information content (AvgIpc) is 2.61. The van der Waals surface area contributed by atoms with E-state index >= 15 is 0 Å². The number of piperazine rings is 1. The Morgan fingerprint density at radius 1 is 1.45 bits per heavy atom. The molecule has 1 aromatic rings. The average molecular weight is 320 g/mol. The van der Waals surface area contributed by atoms with E-state index in [4.69, 9.17) is 0 Å². The maximum Gasteiger partial charge on any atom is 0.307 e. The Morgan fingerprint density at radius 3 is 2.70 bits per heavy atom. The minimum absolute atomic E-state index is 0. The van der Waals surface area contributed by atoms with Gasteiger partial charge in [-0.05, 0) is 20.8 Å². The molecule has 7 heteroatoms. The van der Waals surface area contributed by atoms with Crippen molar-refractivity contribution in [3.63, 3.8) is 0 Å². The lowest BCUT2D eigenvalue weighted by molar-refractivity contribution is -0.132. The maximum absolute atomic E-state index is 12.1. The molecule has 0 bridgehead atoms. The molecular weight excluding hydrogens is 298 g/mol. The van der Waals surface area contributed by atoms with Crippen LogP contribution in [0.15, 0.2) is 4.79 Å². The second kappa shape index (κ2) is 7.24. The van der Waals surface area contributed by atoms with E-state index in [9.17, 15) is 9.59 Å². The Labute approximate surface area is 129 Å². The van der Waals surface area contributed by atoms with E-state index in [-0.39, 0.29) is 23.2 Å². The maximum atomic E-state index is 12.1. The number of hydrogen-bond acceptors (Lipinski definition) is 4. The number of nitrogens with one attached hydrogen (secondary N) is 1. The lowest BCUT2D eigenvalue weighted by atomic mass is 10.2. The lowest BCUT2D eigenvalue weighted by Crippen LogP contribution is -2.51. The van der Waals surface area contributed by atoms with Crippen LogP contribution in [0.5, 0.6) is 0 Å². The fourth-order valence-corrected chi connectivity index (χ4v) is 3.23. The van der Waals surface area contributed by atoms with Crippen molar-refractivity contribution < 1.29 is 4.79 Å². The number of carbonyl (C=O) groups excluding carboxylic acids is 1. The van der Waals surface area contributed by atoms with Gasteiger partial charge in [0.2, 0.25) is 5.91 Å². The first-order valence-electron chi connectivity index (χ1n) is 6.67. The molecule has 0 spiro atoms. The van der Waals surface area contributed by atoms with Crippen LogP contribution < -0.4 is 10.2 Å². The molecule has 0 aromatic carbocycles. The second-order valence-electron chi connectivity index (χ2n) is 5.11. The van der Waals surface area contributed by atoms with Crippen LogP contribution in [-0.4, -0.2) is 41.1 Å². The normalized spacial score (nSPS) is 18.8. The molecule has 1 unspecified atom stereocenters. The predicted molar refractivity (Wildman–Crippen MR) is 84.0 cm³/mol. The number of aromatic nitrogens is 1. The first-order chi connectivity index (χ1) is 8.99. The summed E-state index contributed by atoms with van der Waals surface area (Å²) in [4.78, 5) is 26.8. The van der Waals surface area contributed by atoms with Crippen molar-refractivity contribution in [2.75, 3.05) is 19.6 Å². The Kier molecular flexibility index (Phi) is 6.23. The van der Waals surface area contributed by atoms with E-state index < -0.39 is 0 Å². The van der Waals surface area contributed by atoms with Crippen LogP contribution in [0.25, 0.3) is 0 Å². The molecule has 0 saturated carbocycles. The Hall–Kier alpha value is -0.850. The van der Waals surface area contributed by atoms with Crippen molar-refractivity contribution in [3.8, 4) is 0 Å². The third-order valence-electron chi connectivity index (χ3n) is 3.65. The highest BCUT2D eigenvalue weighted by Gasteiger charge is 2.20. The number of aryl methyl sites for hydroxylation is 1. The van der Waals surface area contributed by atoms with Crippen LogP contribution in [-0.2, 0) is 11.3 Å². The molecule has 5 nitrogen and oxygen atoms in total. The fourth-order valence-electron chi connectivity index (χ4n) is 2.37. The predicted octanol–water partition coefficient (Wildman–Crippen LogP) is 1.16. The highest BCUT2D eigenvalue weighted by atomic mass is 35.5. The van der Waals surface area contributed by atoms with Gasteiger partial charge >= 0.3 is 4.87 Å². The third kappa shape index (κ3) is 3.84. The second-order valence-corrected chi connectivity index (χ2v) is 6.27. The zero-order valence-electron chi connectivity index (χ0n) is 12.1. The summed E-state index contributed by atoms with van der Waals surface area (Å²) in [6.07, 6.45) is 0.406. The number of thiazole rings is 1. The first kappa shape index (κ1) is 17.2. The van der Waals surface area contributed by atoms with Crippen LogP contribution in [0.1, 0.15) is 23.9 Å². The Bertz CT molecular complexity index is 526. The zero-order valence-corrected chi connectivity index (χ0v) is 13.8. The van der Waals surface area contributed by atoms with E-state index in [1.807, 2.05) is 18.7 Å². The molecule has 1 fully saturated rings. The molecule has 20 heavy (non-hydrogen) atoms. The van der Waals surface area contributed by atoms with Crippen molar-refractivity contribution >= 4 is 29.7 Å². The van der Waals surface area contributed by atoms with Gasteiger partial charge in [0.1, 0.15) is 0 Å². The zero-order chi connectivity index (χ0) is 14.0. The van der Waals surface area contributed by atoms with Crippen molar-refractivity contribution in [1.29, 1.82) is 0 Å². The van der Waals surface area contributed by atoms with E-state index in [0.29, 0.717) is 19.0 Å². The molecular formula is C13H22ClN3O2S. The Morgan fingerprint density at radius 2 is 2.15 bits per heavy atom.